The molecule has 29 heavy (non-hydrogen) atoms. The molecule has 0 radical (unpaired) electrons. The summed E-state index contributed by atoms with van der Waals surface area (Å²) in [4.78, 5) is 26.8. The second kappa shape index (κ2) is 8.03. The van der Waals surface area contributed by atoms with Gasteiger partial charge in [0.1, 0.15) is 11.5 Å². The lowest BCUT2D eigenvalue weighted by Crippen LogP contribution is -2.36. The van der Waals surface area contributed by atoms with Gasteiger partial charge in [-0.1, -0.05) is 6.07 Å². The molecule has 0 saturated heterocycles. The third-order valence-corrected chi connectivity index (χ3v) is 5.37. The Morgan fingerprint density at radius 2 is 1.83 bits per heavy atom. The van der Waals surface area contributed by atoms with Crippen LogP contribution < -0.4 is 20.1 Å². The second-order valence-electron chi connectivity index (χ2n) is 7.41. The molecular formula is C22H25N3O4. The molecule has 1 fully saturated rings. The number of hydrogen-bond donors (Lipinski definition) is 2. The van der Waals surface area contributed by atoms with Crippen LogP contribution in [0.3, 0.4) is 0 Å². The highest BCUT2D eigenvalue weighted by Crippen LogP contribution is 2.33. The second-order valence-corrected chi connectivity index (χ2v) is 7.41. The third kappa shape index (κ3) is 4.29. The summed E-state index contributed by atoms with van der Waals surface area (Å²) >= 11 is 0. The highest BCUT2D eigenvalue weighted by Gasteiger charge is 2.34. The number of anilines is 2. The molecule has 7 nitrogen and oxygen atoms in total. The fourth-order valence-electron chi connectivity index (χ4n) is 3.60. The summed E-state index contributed by atoms with van der Waals surface area (Å²) in [6.45, 7) is 1.38. The summed E-state index contributed by atoms with van der Waals surface area (Å²) in [7, 11) is 3.11. The van der Waals surface area contributed by atoms with E-state index in [0.29, 0.717) is 29.4 Å². The van der Waals surface area contributed by atoms with Gasteiger partial charge in [0.15, 0.2) is 0 Å². The number of methoxy groups -OCH3 is 2. The Morgan fingerprint density at radius 1 is 1.00 bits per heavy atom. The molecule has 1 saturated carbocycles. The zero-order valence-corrected chi connectivity index (χ0v) is 16.7. The molecule has 3 amide bonds. The van der Waals surface area contributed by atoms with Gasteiger partial charge in [-0.2, -0.15) is 0 Å². The number of urea groups is 1. The van der Waals surface area contributed by atoms with E-state index in [9.17, 15) is 9.59 Å². The average Bonchev–Trinajstić information content (AvgIpc) is 3.58. The van der Waals surface area contributed by atoms with E-state index >= 15 is 0 Å². The maximum Gasteiger partial charge on any atom is 0.323 e. The van der Waals surface area contributed by atoms with Gasteiger partial charge in [-0.05, 0) is 54.7 Å². The molecule has 2 aromatic carbocycles. The Kier molecular flexibility index (Phi) is 5.29. The van der Waals surface area contributed by atoms with Crippen LogP contribution in [0.2, 0.25) is 0 Å². The number of carbonyl (C=O) groups is 2. The fourth-order valence-corrected chi connectivity index (χ4v) is 3.60. The molecule has 0 spiro atoms. The number of rotatable bonds is 5. The first-order valence-corrected chi connectivity index (χ1v) is 9.78. The van der Waals surface area contributed by atoms with E-state index in [4.69, 9.17) is 9.47 Å². The van der Waals surface area contributed by atoms with E-state index in [-0.39, 0.29) is 17.9 Å². The Hall–Kier alpha value is -3.22. The Morgan fingerprint density at radius 3 is 2.55 bits per heavy atom. The van der Waals surface area contributed by atoms with Crippen LogP contribution in [0, 0.1) is 5.92 Å². The highest BCUT2D eigenvalue weighted by molar-refractivity contribution is 6.00. The van der Waals surface area contributed by atoms with Crippen LogP contribution in [0.4, 0.5) is 16.2 Å². The predicted octanol–water partition coefficient (Wildman–Crippen LogP) is 3.64. The van der Waals surface area contributed by atoms with Crippen molar-refractivity contribution in [1.82, 2.24) is 4.90 Å². The molecule has 2 N–H and O–H groups in total. The van der Waals surface area contributed by atoms with Gasteiger partial charge in [0.05, 0.1) is 19.9 Å². The summed E-state index contributed by atoms with van der Waals surface area (Å²) in [5, 5.41) is 5.66. The zero-order valence-electron chi connectivity index (χ0n) is 16.7. The Balaban J connectivity index is 1.43. The van der Waals surface area contributed by atoms with Crippen LogP contribution in [-0.2, 0) is 17.8 Å². The molecule has 4 rings (SSSR count). The molecule has 1 aliphatic heterocycles. The van der Waals surface area contributed by atoms with Crippen LogP contribution >= 0.6 is 0 Å². The quantitative estimate of drug-likeness (QED) is 0.810. The minimum Gasteiger partial charge on any atom is -0.497 e. The lowest BCUT2D eigenvalue weighted by molar-refractivity contribution is -0.133. The van der Waals surface area contributed by atoms with Gasteiger partial charge in [-0.15, -0.1) is 0 Å². The summed E-state index contributed by atoms with van der Waals surface area (Å²) in [6.07, 6.45) is 2.88. The van der Waals surface area contributed by atoms with Crippen molar-refractivity contribution in [3.63, 3.8) is 0 Å². The zero-order chi connectivity index (χ0) is 20.4. The van der Waals surface area contributed by atoms with Gasteiger partial charge in [-0.3, -0.25) is 4.79 Å². The van der Waals surface area contributed by atoms with Crippen molar-refractivity contribution in [1.29, 1.82) is 0 Å². The number of amides is 3. The van der Waals surface area contributed by atoms with E-state index in [0.717, 1.165) is 31.4 Å². The number of benzene rings is 2. The van der Waals surface area contributed by atoms with Crippen LogP contribution in [0.15, 0.2) is 36.4 Å². The number of ether oxygens (including phenoxy) is 2. The minimum absolute atomic E-state index is 0.225. The van der Waals surface area contributed by atoms with Crippen molar-refractivity contribution in [2.45, 2.75) is 25.8 Å². The normalized spacial score (nSPS) is 15.3. The van der Waals surface area contributed by atoms with Crippen molar-refractivity contribution in [2.75, 3.05) is 31.4 Å². The molecule has 0 unspecified atom stereocenters. The van der Waals surface area contributed by atoms with E-state index in [1.807, 2.05) is 23.1 Å². The van der Waals surface area contributed by atoms with E-state index in [1.54, 1.807) is 25.3 Å². The highest BCUT2D eigenvalue weighted by atomic mass is 16.5. The number of nitrogens with zero attached hydrogens (tertiary/aromatic N) is 1. The van der Waals surface area contributed by atoms with Gasteiger partial charge in [-0.25, -0.2) is 4.79 Å². The van der Waals surface area contributed by atoms with Crippen molar-refractivity contribution in [3.8, 4) is 11.5 Å². The van der Waals surface area contributed by atoms with E-state index in [2.05, 4.69) is 10.6 Å². The standard InChI is InChI=1S/C22H25N3O4/c1-28-18-7-8-19(20(12-18)29-2)24-22(27)23-17-6-5-14-9-10-25(13-16(14)11-17)21(26)15-3-4-15/h5-8,11-12,15H,3-4,9-10,13H2,1-2H3,(H2,23,24,27). The molecule has 1 heterocycles. The number of hydrogen-bond acceptors (Lipinski definition) is 4. The van der Waals surface area contributed by atoms with Crippen molar-refractivity contribution in [3.05, 3.63) is 47.5 Å². The molecule has 2 aliphatic rings. The smallest absolute Gasteiger partial charge is 0.323 e. The van der Waals surface area contributed by atoms with Gasteiger partial charge >= 0.3 is 6.03 Å². The Bertz CT molecular complexity index is 940. The predicted molar refractivity (Wildman–Crippen MR) is 110 cm³/mol. The van der Waals surface area contributed by atoms with Crippen molar-refractivity contribution in [2.24, 2.45) is 5.92 Å². The number of fused-ring (bicyclic) bond motifs is 1. The maximum absolute atomic E-state index is 12.5. The summed E-state index contributed by atoms with van der Waals surface area (Å²) in [6, 6.07) is 10.7. The fraction of sp³-hybridized carbons (Fsp3) is 0.364. The molecule has 152 valence electrons. The topological polar surface area (TPSA) is 79.9 Å². The van der Waals surface area contributed by atoms with Gasteiger partial charge in [0, 0.05) is 30.8 Å². The van der Waals surface area contributed by atoms with Crippen molar-refractivity contribution >= 4 is 23.3 Å². The van der Waals surface area contributed by atoms with Crippen LogP contribution in [0.25, 0.3) is 0 Å². The largest absolute Gasteiger partial charge is 0.497 e. The molecular weight excluding hydrogens is 370 g/mol. The molecule has 2 aromatic rings. The van der Waals surface area contributed by atoms with Gasteiger partial charge in [0.25, 0.3) is 0 Å². The SMILES string of the molecule is COc1ccc(NC(=O)Nc2ccc3c(c2)CN(C(=O)C2CC2)CC3)c(OC)c1. The molecule has 7 heteroatoms. The molecule has 0 atom stereocenters. The monoisotopic (exact) mass is 395 g/mol. The molecule has 0 bridgehead atoms. The van der Waals surface area contributed by atoms with Crippen LogP contribution in [-0.4, -0.2) is 37.6 Å². The first-order valence-electron chi connectivity index (χ1n) is 9.78. The molecule has 0 aromatic heterocycles. The van der Waals surface area contributed by atoms with E-state index in [1.165, 1.54) is 12.7 Å². The lowest BCUT2D eigenvalue weighted by atomic mass is 9.98. The maximum atomic E-state index is 12.5. The van der Waals surface area contributed by atoms with Gasteiger partial charge < -0.3 is 25.0 Å². The summed E-state index contributed by atoms with van der Waals surface area (Å²) in [5.41, 5.74) is 3.55. The van der Waals surface area contributed by atoms with Crippen LogP contribution in [0.5, 0.6) is 11.5 Å². The third-order valence-electron chi connectivity index (χ3n) is 5.37. The first-order chi connectivity index (χ1) is 14.1. The summed E-state index contributed by atoms with van der Waals surface area (Å²) in [5.74, 6) is 1.65. The van der Waals surface area contributed by atoms with Gasteiger partial charge in [0.2, 0.25) is 5.91 Å². The lowest BCUT2D eigenvalue weighted by Gasteiger charge is -2.29. The molecule has 1 aliphatic carbocycles. The average molecular weight is 395 g/mol. The van der Waals surface area contributed by atoms with Crippen molar-refractivity contribution < 1.29 is 19.1 Å². The number of carbonyl (C=O) groups excluding carboxylic acids is 2. The summed E-state index contributed by atoms with van der Waals surface area (Å²) < 4.78 is 10.5. The van der Waals surface area contributed by atoms with Crippen LogP contribution in [0.1, 0.15) is 24.0 Å². The Labute approximate surface area is 170 Å². The minimum atomic E-state index is -0.366. The first kappa shape index (κ1) is 19.1. The number of nitrogens with one attached hydrogen (secondary N) is 2. The van der Waals surface area contributed by atoms with E-state index < -0.39 is 0 Å².